The van der Waals surface area contributed by atoms with Crippen molar-refractivity contribution in [3.8, 4) is 45.9 Å². The Morgan fingerprint density at radius 1 is 0.554 bits per heavy atom. The number of aryl methyl sites for hydroxylation is 2. The largest absolute Gasteiger partial charge is 0.382 e. The van der Waals surface area contributed by atoms with Gasteiger partial charge in [0.1, 0.15) is 0 Å². The van der Waals surface area contributed by atoms with Crippen LogP contribution in [-0.2, 0) is 45.8 Å². The van der Waals surface area contributed by atoms with Crippen LogP contribution in [0.25, 0.3) is 22.3 Å². The first kappa shape index (κ1) is 41.4. The molecule has 0 spiro atoms. The molecule has 0 saturated carbocycles. The summed E-state index contributed by atoms with van der Waals surface area (Å²) in [6.45, 7) is 11.7. The van der Waals surface area contributed by atoms with Crippen LogP contribution in [0.1, 0.15) is 77.6 Å². The summed E-state index contributed by atoms with van der Waals surface area (Å²) >= 11 is 0. The zero-order valence-electron chi connectivity index (χ0n) is 33.9. The number of methoxy groups -OCH3 is 2. The van der Waals surface area contributed by atoms with E-state index in [0.717, 1.165) is 47.9 Å². The fraction of sp³-hybridized carbons (Fsp3) is 0.429. The number of hydrogen-bond acceptors (Lipinski definition) is 7. The summed E-state index contributed by atoms with van der Waals surface area (Å²) in [5, 5.41) is 0. The van der Waals surface area contributed by atoms with E-state index in [1.54, 1.807) is 14.2 Å². The first-order chi connectivity index (χ1) is 27.3. The number of benzene rings is 4. The summed E-state index contributed by atoms with van der Waals surface area (Å²) in [5.41, 5.74) is 20.5. The molecule has 0 heterocycles. The van der Waals surface area contributed by atoms with E-state index in [1.165, 1.54) is 44.5 Å². The van der Waals surface area contributed by atoms with Crippen LogP contribution in [0.4, 0.5) is 0 Å². The molecule has 1 atom stereocenters. The van der Waals surface area contributed by atoms with E-state index in [1.807, 2.05) is 6.92 Å². The fourth-order valence-corrected chi connectivity index (χ4v) is 8.13. The maximum atomic E-state index is 7.00. The highest BCUT2D eigenvalue weighted by molar-refractivity contribution is 5.83. The second-order valence-electron chi connectivity index (χ2n) is 14.8. The molecule has 6 rings (SSSR count). The summed E-state index contributed by atoms with van der Waals surface area (Å²) in [6, 6.07) is 26.6. The van der Waals surface area contributed by atoms with Gasteiger partial charge in [0.15, 0.2) is 0 Å². The van der Waals surface area contributed by atoms with Gasteiger partial charge in [0.05, 0.1) is 58.4 Å². The van der Waals surface area contributed by atoms with Gasteiger partial charge in [-0.25, -0.2) is 0 Å². The van der Waals surface area contributed by atoms with Crippen molar-refractivity contribution in [2.75, 3.05) is 80.3 Å². The topological polar surface area (TPSA) is 81.4 Å². The maximum absolute atomic E-state index is 7.00. The van der Waals surface area contributed by atoms with Gasteiger partial charge in [0.2, 0.25) is 0 Å². The smallest absolute Gasteiger partial charge is 0.0701 e. The van der Waals surface area contributed by atoms with Crippen LogP contribution < -0.4 is 5.73 Å². The molecule has 4 aromatic rings. The van der Waals surface area contributed by atoms with Crippen molar-refractivity contribution in [3.63, 3.8) is 0 Å². The molecule has 56 heavy (non-hydrogen) atoms. The quantitative estimate of drug-likeness (QED) is 0.0725. The van der Waals surface area contributed by atoms with Crippen molar-refractivity contribution < 1.29 is 28.4 Å². The third kappa shape index (κ3) is 9.46. The Morgan fingerprint density at radius 3 is 1.64 bits per heavy atom. The SMILES string of the molecule is CC#Cc1ccc2c(c1)C(C)(N)c1cc(CCC#Cc3ccc4c(c3)C(CCOCCOCCOC)(CCOCCOCCOC)c3cc(C)ccc3-4)ccc1-2. The molecule has 2 aliphatic carbocycles. The second-order valence-corrected chi connectivity index (χ2v) is 14.8. The van der Waals surface area contributed by atoms with Gasteiger partial charge in [-0.05, 0) is 114 Å². The molecular formula is C49H57NO6. The Kier molecular flexibility index (Phi) is 14.6. The molecule has 0 aromatic heterocycles. The average Bonchev–Trinajstić information content (AvgIpc) is 3.59. The predicted molar refractivity (Wildman–Crippen MR) is 224 cm³/mol. The Bertz CT molecular complexity index is 2060. The third-order valence-corrected chi connectivity index (χ3v) is 11.0. The lowest BCUT2D eigenvalue weighted by Gasteiger charge is -2.33. The molecule has 0 radical (unpaired) electrons. The van der Waals surface area contributed by atoms with E-state index in [2.05, 4.69) is 110 Å². The van der Waals surface area contributed by atoms with E-state index in [0.29, 0.717) is 66.1 Å². The molecule has 2 N–H and O–H groups in total. The summed E-state index contributed by atoms with van der Waals surface area (Å²) in [4.78, 5) is 0. The van der Waals surface area contributed by atoms with Gasteiger partial charge in [-0.15, -0.1) is 5.92 Å². The zero-order valence-corrected chi connectivity index (χ0v) is 33.9. The average molecular weight is 756 g/mol. The minimum absolute atomic E-state index is 0.289. The third-order valence-electron chi connectivity index (χ3n) is 11.0. The van der Waals surface area contributed by atoms with Crippen molar-refractivity contribution in [2.45, 2.75) is 57.4 Å². The number of fused-ring (bicyclic) bond motifs is 6. The lowest BCUT2D eigenvalue weighted by molar-refractivity contribution is 0.0145. The lowest BCUT2D eigenvalue weighted by atomic mass is 9.72. The van der Waals surface area contributed by atoms with Gasteiger partial charge in [-0.3, -0.25) is 0 Å². The Hall–Kier alpha value is -4.28. The summed E-state index contributed by atoms with van der Waals surface area (Å²) in [7, 11) is 3.36. The highest BCUT2D eigenvalue weighted by Gasteiger charge is 2.43. The Morgan fingerprint density at radius 2 is 1.04 bits per heavy atom. The molecule has 2 aliphatic rings. The number of ether oxygens (including phenoxy) is 6. The van der Waals surface area contributed by atoms with Crippen molar-refractivity contribution in [1.82, 2.24) is 0 Å². The van der Waals surface area contributed by atoms with E-state index in [4.69, 9.17) is 34.2 Å². The maximum Gasteiger partial charge on any atom is 0.0701 e. The van der Waals surface area contributed by atoms with E-state index in [9.17, 15) is 0 Å². The first-order valence-corrected chi connectivity index (χ1v) is 19.9. The van der Waals surface area contributed by atoms with Crippen molar-refractivity contribution in [3.05, 3.63) is 117 Å². The molecule has 7 heteroatoms. The van der Waals surface area contributed by atoms with Crippen molar-refractivity contribution in [2.24, 2.45) is 5.73 Å². The highest BCUT2D eigenvalue weighted by atomic mass is 16.5. The Balaban J connectivity index is 1.19. The molecule has 294 valence electrons. The van der Waals surface area contributed by atoms with Gasteiger partial charge in [-0.2, -0.15) is 0 Å². The van der Waals surface area contributed by atoms with Gasteiger partial charge in [0.25, 0.3) is 0 Å². The fourth-order valence-electron chi connectivity index (χ4n) is 8.13. The second kappa shape index (κ2) is 19.7. The minimum Gasteiger partial charge on any atom is -0.382 e. The molecule has 0 fully saturated rings. The molecule has 0 amide bonds. The van der Waals surface area contributed by atoms with Crippen molar-refractivity contribution in [1.29, 1.82) is 0 Å². The van der Waals surface area contributed by atoms with E-state index < -0.39 is 5.54 Å². The Labute approximate surface area is 334 Å². The molecule has 1 unspecified atom stereocenters. The number of hydrogen-bond donors (Lipinski definition) is 1. The van der Waals surface area contributed by atoms with Crippen LogP contribution >= 0.6 is 0 Å². The van der Waals surface area contributed by atoms with Gasteiger partial charge in [0, 0.05) is 50.4 Å². The first-order valence-electron chi connectivity index (χ1n) is 19.9. The molecule has 0 saturated heterocycles. The number of rotatable bonds is 20. The molecular weight excluding hydrogens is 699 g/mol. The van der Waals surface area contributed by atoms with Crippen LogP contribution in [0.15, 0.2) is 72.8 Å². The summed E-state index contributed by atoms with van der Waals surface area (Å²) in [5.74, 6) is 13.2. The van der Waals surface area contributed by atoms with Crippen LogP contribution in [0.3, 0.4) is 0 Å². The van der Waals surface area contributed by atoms with Crippen LogP contribution in [0.5, 0.6) is 0 Å². The summed E-state index contributed by atoms with van der Waals surface area (Å²) in [6.07, 6.45) is 3.22. The highest BCUT2D eigenvalue weighted by Crippen LogP contribution is 2.53. The van der Waals surface area contributed by atoms with Gasteiger partial charge in [-0.1, -0.05) is 71.9 Å². The van der Waals surface area contributed by atoms with Crippen LogP contribution in [0, 0.1) is 30.6 Å². The normalized spacial score (nSPS) is 15.6. The predicted octanol–water partition coefficient (Wildman–Crippen LogP) is 7.96. The number of nitrogens with two attached hydrogens (primary N) is 1. The van der Waals surface area contributed by atoms with E-state index in [-0.39, 0.29) is 5.41 Å². The van der Waals surface area contributed by atoms with Crippen LogP contribution in [0.2, 0.25) is 0 Å². The summed E-state index contributed by atoms with van der Waals surface area (Å²) < 4.78 is 33.9. The molecule has 0 bridgehead atoms. The minimum atomic E-state index is -0.573. The molecule has 7 nitrogen and oxygen atoms in total. The van der Waals surface area contributed by atoms with Gasteiger partial charge < -0.3 is 34.2 Å². The lowest BCUT2D eigenvalue weighted by Crippen LogP contribution is -2.32. The monoisotopic (exact) mass is 755 g/mol. The molecule has 0 aliphatic heterocycles. The van der Waals surface area contributed by atoms with E-state index >= 15 is 0 Å². The van der Waals surface area contributed by atoms with Gasteiger partial charge >= 0.3 is 0 Å². The standard InChI is InChI=1S/C49H57NO6/c1-6-9-37-13-17-40-41-18-14-38(34-45(41)48(3,50)44(40)33-37)10-7-8-11-39-15-19-43-42-16-12-36(2)32-46(42)49(47(43)35-39,20-22-53-28-30-55-26-24-51-4)21-23-54-29-31-56-27-25-52-5/h12-19,32-35H,7,10,20-31,50H2,1-5H3. The van der Waals surface area contributed by atoms with Crippen LogP contribution in [-0.4, -0.2) is 80.3 Å². The molecule has 4 aromatic carbocycles. The van der Waals surface area contributed by atoms with Crippen molar-refractivity contribution >= 4 is 0 Å². The zero-order chi connectivity index (χ0) is 39.4.